The average molecular weight is 250 g/mol. The lowest BCUT2D eigenvalue weighted by molar-refractivity contribution is 0.117. The van der Waals surface area contributed by atoms with E-state index in [0.717, 1.165) is 24.3 Å². The Morgan fingerprint density at radius 1 is 1.23 bits per heavy atom. The van der Waals surface area contributed by atoms with Gasteiger partial charge in [0.15, 0.2) is 0 Å². The number of hydrogen-bond donors (Lipinski definition) is 1. The molecule has 0 radical (unpaired) electrons. The minimum absolute atomic E-state index is 0.331. The van der Waals surface area contributed by atoms with Gasteiger partial charge in [0.25, 0.3) is 0 Å². The zero-order valence-electron chi connectivity index (χ0n) is 8.21. The van der Waals surface area contributed by atoms with E-state index >= 15 is 0 Å². The van der Waals surface area contributed by atoms with Gasteiger partial charge in [-0.05, 0) is 32.2 Å². The second-order valence-corrected chi connectivity index (χ2v) is 4.53. The van der Waals surface area contributed by atoms with E-state index in [1.165, 1.54) is 32.2 Å². The van der Waals surface area contributed by atoms with Crippen molar-refractivity contribution in [3.05, 3.63) is 0 Å². The van der Waals surface area contributed by atoms with Crippen molar-refractivity contribution in [3.63, 3.8) is 0 Å². The molecule has 0 atom stereocenters. The van der Waals surface area contributed by atoms with Crippen LogP contribution in [0.25, 0.3) is 0 Å². The third kappa shape index (κ3) is 3.96. The lowest BCUT2D eigenvalue weighted by Crippen LogP contribution is -2.41. The maximum atomic E-state index is 8.78. The molecule has 0 bridgehead atoms. The molecule has 78 valence electrons. The van der Waals surface area contributed by atoms with Crippen LogP contribution in [0.5, 0.6) is 0 Å². The van der Waals surface area contributed by atoms with Gasteiger partial charge in [-0.25, -0.2) is 0 Å². The Morgan fingerprint density at radius 3 is 2.38 bits per heavy atom. The fraction of sp³-hybridized carbons (Fsp3) is 1.00. The topological polar surface area (TPSA) is 23.5 Å². The van der Waals surface area contributed by atoms with E-state index < -0.39 is 0 Å². The average Bonchev–Trinajstić information content (AvgIpc) is 2.06. The van der Waals surface area contributed by atoms with Gasteiger partial charge in [-0.3, -0.25) is 0 Å². The molecule has 0 unspecified atom stereocenters. The van der Waals surface area contributed by atoms with E-state index in [0.29, 0.717) is 6.61 Å². The van der Waals surface area contributed by atoms with Crippen LogP contribution in [0, 0.1) is 0 Å². The number of rotatable bonds is 7. The highest BCUT2D eigenvalue weighted by atomic mass is 79.9. The van der Waals surface area contributed by atoms with Crippen molar-refractivity contribution in [3.8, 4) is 0 Å². The number of halogens is 1. The van der Waals surface area contributed by atoms with Crippen molar-refractivity contribution in [1.29, 1.82) is 0 Å². The molecule has 1 N–H and O–H groups in total. The highest BCUT2D eigenvalue weighted by molar-refractivity contribution is 9.09. The predicted octanol–water partition coefficient (Wildman–Crippen LogP) is 2.01. The molecule has 0 amide bonds. The smallest absolute Gasteiger partial charge is 0.0443 e. The summed E-state index contributed by atoms with van der Waals surface area (Å²) < 4.78 is 0. The van der Waals surface area contributed by atoms with Crippen LogP contribution in [0.4, 0.5) is 0 Å². The molecule has 1 rings (SSSR count). The molecule has 3 heteroatoms. The first-order valence-corrected chi connectivity index (χ1v) is 6.41. The van der Waals surface area contributed by atoms with E-state index in [1.54, 1.807) is 0 Å². The van der Waals surface area contributed by atoms with Crippen LogP contribution >= 0.6 is 15.9 Å². The second-order valence-electron chi connectivity index (χ2n) is 3.74. The Hall–Kier alpha value is 0.400. The van der Waals surface area contributed by atoms with E-state index in [1.807, 2.05) is 0 Å². The van der Waals surface area contributed by atoms with Gasteiger partial charge in [0.05, 0.1) is 0 Å². The molecule has 0 aromatic rings. The van der Waals surface area contributed by atoms with Crippen LogP contribution in [-0.4, -0.2) is 41.1 Å². The number of aliphatic hydroxyl groups excluding tert-OH is 1. The minimum Gasteiger partial charge on any atom is -0.396 e. The summed E-state index contributed by atoms with van der Waals surface area (Å²) in [6, 6.07) is 0.825. The summed E-state index contributed by atoms with van der Waals surface area (Å²) >= 11 is 3.46. The van der Waals surface area contributed by atoms with Crippen LogP contribution < -0.4 is 0 Å². The molecule has 0 aliphatic heterocycles. The van der Waals surface area contributed by atoms with Gasteiger partial charge in [-0.2, -0.15) is 0 Å². The van der Waals surface area contributed by atoms with E-state index in [2.05, 4.69) is 20.8 Å². The maximum absolute atomic E-state index is 8.78. The molecule has 0 aromatic heterocycles. The monoisotopic (exact) mass is 249 g/mol. The van der Waals surface area contributed by atoms with Crippen LogP contribution in [0.3, 0.4) is 0 Å². The summed E-state index contributed by atoms with van der Waals surface area (Å²) in [5, 5.41) is 9.87. The Bertz CT molecular complexity index is 120. The summed E-state index contributed by atoms with van der Waals surface area (Å²) in [6.45, 7) is 2.60. The van der Waals surface area contributed by atoms with Gasteiger partial charge < -0.3 is 10.0 Å². The Labute approximate surface area is 89.4 Å². The summed E-state index contributed by atoms with van der Waals surface area (Å²) in [4.78, 5) is 2.54. The zero-order valence-corrected chi connectivity index (χ0v) is 9.80. The Kier molecular flexibility index (Phi) is 6.00. The molecule has 0 aromatic carbocycles. The van der Waals surface area contributed by atoms with Crippen LogP contribution in [0.15, 0.2) is 0 Å². The van der Waals surface area contributed by atoms with Gasteiger partial charge in [0.1, 0.15) is 0 Å². The summed E-state index contributed by atoms with van der Waals surface area (Å²) in [5.74, 6) is 0. The molecule has 0 heterocycles. The largest absolute Gasteiger partial charge is 0.396 e. The fourth-order valence-electron chi connectivity index (χ4n) is 1.77. The Balaban J connectivity index is 2.16. The number of alkyl halides is 1. The molecule has 0 spiro atoms. The third-order valence-corrected chi connectivity index (χ3v) is 3.33. The minimum atomic E-state index is 0.331. The van der Waals surface area contributed by atoms with E-state index in [9.17, 15) is 0 Å². The highest BCUT2D eigenvalue weighted by Crippen LogP contribution is 2.24. The summed E-state index contributed by atoms with van der Waals surface area (Å²) in [6.07, 6.45) is 6.29. The van der Waals surface area contributed by atoms with Crippen molar-refractivity contribution >= 4 is 15.9 Å². The van der Waals surface area contributed by atoms with Gasteiger partial charge in [0, 0.05) is 24.5 Å². The molecule has 2 nitrogen and oxygen atoms in total. The number of nitrogens with zero attached hydrogens (tertiary/aromatic N) is 1. The van der Waals surface area contributed by atoms with Gasteiger partial charge in [-0.1, -0.05) is 22.4 Å². The molecular formula is C10H20BrNO. The van der Waals surface area contributed by atoms with Gasteiger partial charge in [-0.15, -0.1) is 0 Å². The maximum Gasteiger partial charge on any atom is 0.0443 e. The Morgan fingerprint density at radius 2 is 1.92 bits per heavy atom. The van der Waals surface area contributed by atoms with Crippen molar-refractivity contribution in [1.82, 2.24) is 4.90 Å². The van der Waals surface area contributed by atoms with E-state index in [4.69, 9.17) is 5.11 Å². The van der Waals surface area contributed by atoms with Crippen LogP contribution in [0.2, 0.25) is 0 Å². The molecule has 1 saturated carbocycles. The van der Waals surface area contributed by atoms with Crippen molar-refractivity contribution < 1.29 is 5.11 Å². The number of hydrogen-bond acceptors (Lipinski definition) is 2. The van der Waals surface area contributed by atoms with Crippen molar-refractivity contribution in [2.75, 3.05) is 25.0 Å². The normalized spacial score (nSPS) is 17.8. The lowest BCUT2D eigenvalue weighted by atomic mass is 9.91. The van der Waals surface area contributed by atoms with Crippen LogP contribution in [-0.2, 0) is 0 Å². The first kappa shape index (κ1) is 11.5. The van der Waals surface area contributed by atoms with Crippen molar-refractivity contribution in [2.45, 2.75) is 38.1 Å². The zero-order chi connectivity index (χ0) is 9.52. The molecule has 1 aliphatic rings. The molecular weight excluding hydrogens is 230 g/mol. The van der Waals surface area contributed by atoms with Gasteiger partial charge >= 0.3 is 0 Å². The highest BCUT2D eigenvalue weighted by Gasteiger charge is 2.23. The van der Waals surface area contributed by atoms with Crippen LogP contribution in [0.1, 0.15) is 32.1 Å². The molecule has 13 heavy (non-hydrogen) atoms. The molecule has 1 aliphatic carbocycles. The first-order valence-electron chi connectivity index (χ1n) is 5.29. The first-order chi connectivity index (χ1) is 6.38. The van der Waals surface area contributed by atoms with E-state index in [-0.39, 0.29) is 0 Å². The number of aliphatic hydroxyl groups is 1. The molecule has 1 fully saturated rings. The standard InChI is InChI=1S/C10H20BrNO/c11-6-2-7-12(8-3-9-13)10-4-1-5-10/h10,13H,1-9H2. The quantitative estimate of drug-likeness (QED) is 0.699. The van der Waals surface area contributed by atoms with Gasteiger partial charge in [0.2, 0.25) is 0 Å². The summed E-state index contributed by atoms with van der Waals surface area (Å²) in [7, 11) is 0. The predicted molar refractivity (Wildman–Crippen MR) is 59.3 cm³/mol. The lowest BCUT2D eigenvalue weighted by Gasteiger charge is -2.37. The summed E-state index contributed by atoms with van der Waals surface area (Å²) in [5.41, 5.74) is 0. The van der Waals surface area contributed by atoms with Crippen molar-refractivity contribution in [2.24, 2.45) is 0 Å². The fourth-order valence-corrected chi connectivity index (χ4v) is 2.02. The second kappa shape index (κ2) is 6.80. The SMILES string of the molecule is OCCCN(CCCBr)C1CCC1. The third-order valence-electron chi connectivity index (χ3n) is 2.77. The molecule has 0 saturated heterocycles.